The van der Waals surface area contributed by atoms with Crippen molar-refractivity contribution in [3.63, 3.8) is 0 Å². The molecule has 1 heterocycles. The molecule has 1 unspecified atom stereocenters. The topological polar surface area (TPSA) is 59.3 Å². The number of esters is 1. The number of benzene rings is 1. The zero-order valence-corrected chi connectivity index (χ0v) is 10.8. The minimum absolute atomic E-state index is 0.336. The molecule has 0 radical (unpaired) electrons. The van der Waals surface area contributed by atoms with E-state index in [1.165, 1.54) is 0 Å². The van der Waals surface area contributed by atoms with E-state index in [0.717, 1.165) is 32.3 Å². The number of nitrogens with zero attached hydrogens (tertiary/aromatic N) is 1. The Kier molecular flexibility index (Phi) is 4.93. The van der Waals surface area contributed by atoms with Crippen LogP contribution in [0.1, 0.15) is 41.6 Å². The highest BCUT2D eigenvalue weighted by Gasteiger charge is 2.15. The molecule has 0 saturated carbocycles. The average Bonchev–Trinajstić information content (AvgIpc) is 2.96. The number of hydrogen-bond acceptors (Lipinski definition) is 4. The van der Waals surface area contributed by atoms with Gasteiger partial charge >= 0.3 is 5.97 Å². The van der Waals surface area contributed by atoms with Crippen LogP contribution >= 0.6 is 0 Å². The molecule has 1 aliphatic rings. The lowest BCUT2D eigenvalue weighted by atomic mass is 10.1. The van der Waals surface area contributed by atoms with Crippen LogP contribution in [0.25, 0.3) is 0 Å². The summed E-state index contributed by atoms with van der Waals surface area (Å²) in [6, 6.07) is 8.46. The molecule has 0 N–H and O–H groups in total. The summed E-state index contributed by atoms with van der Waals surface area (Å²) in [6.07, 6.45) is 4.36. The van der Waals surface area contributed by atoms with Crippen molar-refractivity contribution in [2.24, 2.45) is 0 Å². The number of hydrogen-bond donors (Lipinski definition) is 0. The zero-order valence-electron chi connectivity index (χ0n) is 10.8. The van der Waals surface area contributed by atoms with Gasteiger partial charge in [-0.05, 0) is 49.9 Å². The fourth-order valence-electron chi connectivity index (χ4n) is 2.11. The fourth-order valence-corrected chi connectivity index (χ4v) is 2.11. The molecular weight excluding hydrogens is 242 g/mol. The van der Waals surface area contributed by atoms with Gasteiger partial charge in [-0.3, -0.25) is 0 Å². The highest BCUT2D eigenvalue weighted by atomic mass is 16.5. The van der Waals surface area contributed by atoms with E-state index in [4.69, 9.17) is 14.7 Å². The number of carbonyl (C=O) groups is 1. The van der Waals surface area contributed by atoms with Gasteiger partial charge in [0.05, 0.1) is 29.9 Å². The van der Waals surface area contributed by atoms with Gasteiger partial charge in [0.15, 0.2) is 0 Å². The van der Waals surface area contributed by atoms with Gasteiger partial charge in [-0.15, -0.1) is 0 Å². The Bertz CT molecular complexity index is 455. The second-order valence-electron chi connectivity index (χ2n) is 4.60. The van der Waals surface area contributed by atoms with Crippen LogP contribution in [0.15, 0.2) is 24.3 Å². The molecule has 1 atom stereocenters. The van der Waals surface area contributed by atoms with E-state index in [9.17, 15) is 4.79 Å². The summed E-state index contributed by atoms with van der Waals surface area (Å²) in [4.78, 5) is 11.7. The van der Waals surface area contributed by atoms with Crippen LogP contribution in [0.3, 0.4) is 0 Å². The Morgan fingerprint density at radius 3 is 2.84 bits per heavy atom. The smallest absolute Gasteiger partial charge is 0.338 e. The van der Waals surface area contributed by atoms with E-state index in [2.05, 4.69) is 0 Å². The molecule has 0 aliphatic carbocycles. The van der Waals surface area contributed by atoms with Crippen molar-refractivity contribution in [1.29, 1.82) is 5.26 Å². The van der Waals surface area contributed by atoms with Crippen molar-refractivity contribution in [2.75, 3.05) is 13.2 Å². The Labute approximate surface area is 112 Å². The van der Waals surface area contributed by atoms with Crippen LogP contribution in [-0.4, -0.2) is 25.3 Å². The van der Waals surface area contributed by atoms with Crippen LogP contribution in [0.5, 0.6) is 0 Å². The van der Waals surface area contributed by atoms with Gasteiger partial charge < -0.3 is 9.47 Å². The van der Waals surface area contributed by atoms with Gasteiger partial charge in [0.2, 0.25) is 0 Å². The van der Waals surface area contributed by atoms with Crippen molar-refractivity contribution in [1.82, 2.24) is 0 Å². The van der Waals surface area contributed by atoms with Crippen LogP contribution in [0.4, 0.5) is 0 Å². The maximum atomic E-state index is 11.7. The lowest BCUT2D eigenvalue weighted by molar-refractivity contribution is 0.0461. The quantitative estimate of drug-likeness (QED) is 0.602. The van der Waals surface area contributed by atoms with E-state index in [1.54, 1.807) is 24.3 Å². The number of nitriles is 1. The lowest BCUT2D eigenvalue weighted by Gasteiger charge is -2.09. The molecule has 2 rings (SSSR count). The van der Waals surface area contributed by atoms with E-state index in [1.807, 2.05) is 6.07 Å². The molecule has 1 saturated heterocycles. The molecule has 4 nitrogen and oxygen atoms in total. The van der Waals surface area contributed by atoms with Crippen LogP contribution < -0.4 is 0 Å². The predicted molar refractivity (Wildman–Crippen MR) is 69.6 cm³/mol. The van der Waals surface area contributed by atoms with Gasteiger partial charge in [0, 0.05) is 6.61 Å². The van der Waals surface area contributed by atoms with Crippen LogP contribution in [0, 0.1) is 11.3 Å². The average molecular weight is 259 g/mol. The van der Waals surface area contributed by atoms with Crippen molar-refractivity contribution in [3.05, 3.63) is 35.4 Å². The summed E-state index contributed by atoms with van der Waals surface area (Å²) < 4.78 is 10.7. The summed E-state index contributed by atoms with van der Waals surface area (Å²) in [5, 5.41) is 8.67. The summed E-state index contributed by atoms with van der Waals surface area (Å²) in [7, 11) is 0. The summed E-state index contributed by atoms with van der Waals surface area (Å²) >= 11 is 0. The highest BCUT2D eigenvalue weighted by Crippen LogP contribution is 2.16. The normalized spacial score (nSPS) is 17.9. The molecule has 1 aromatic carbocycles. The van der Waals surface area contributed by atoms with Gasteiger partial charge in [-0.1, -0.05) is 0 Å². The van der Waals surface area contributed by atoms with Crippen molar-refractivity contribution < 1.29 is 14.3 Å². The van der Waals surface area contributed by atoms with E-state index in [-0.39, 0.29) is 5.97 Å². The molecule has 1 aromatic rings. The standard InChI is InChI=1S/C15H17NO3/c16-11-12-5-7-13(8-6-12)15(17)19-10-2-4-14-3-1-9-18-14/h5-8,14H,1-4,9-10H2. The molecule has 0 bridgehead atoms. The van der Waals surface area contributed by atoms with Crippen LogP contribution in [-0.2, 0) is 9.47 Å². The first-order chi connectivity index (χ1) is 9.29. The van der Waals surface area contributed by atoms with Crippen molar-refractivity contribution >= 4 is 5.97 Å². The fraction of sp³-hybridized carbons (Fsp3) is 0.467. The molecule has 100 valence electrons. The van der Waals surface area contributed by atoms with Crippen molar-refractivity contribution in [2.45, 2.75) is 31.8 Å². The number of ether oxygens (including phenoxy) is 2. The number of rotatable bonds is 5. The third kappa shape index (κ3) is 4.08. The largest absolute Gasteiger partial charge is 0.462 e. The van der Waals surface area contributed by atoms with E-state index >= 15 is 0 Å². The maximum Gasteiger partial charge on any atom is 0.338 e. The monoisotopic (exact) mass is 259 g/mol. The summed E-state index contributed by atoms with van der Waals surface area (Å²) in [6.45, 7) is 1.27. The third-order valence-corrected chi connectivity index (χ3v) is 3.18. The summed E-state index contributed by atoms with van der Waals surface area (Å²) in [5.74, 6) is -0.336. The minimum Gasteiger partial charge on any atom is -0.462 e. The number of carbonyl (C=O) groups excluding carboxylic acids is 1. The Balaban J connectivity index is 1.69. The van der Waals surface area contributed by atoms with Gasteiger partial charge in [-0.2, -0.15) is 5.26 Å². The summed E-state index contributed by atoms with van der Waals surface area (Å²) in [5.41, 5.74) is 1.02. The van der Waals surface area contributed by atoms with Gasteiger partial charge in [0.1, 0.15) is 0 Å². The first kappa shape index (κ1) is 13.6. The molecule has 0 spiro atoms. The second kappa shape index (κ2) is 6.91. The lowest BCUT2D eigenvalue weighted by Crippen LogP contribution is -2.10. The molecule has 1 aliphatic heterocycles. The van der Waals surface area contributed by atoms with E-state index < -0.39 is 0 Å². The molecule has 0 amide bonds. The Hall–Kier alpha value is -1.86. The van der Waals surface area contributed by atoms with Crippen LogP contribution in [0.2, 0.25) is 0 Å². The Morgan fingerprint density at radius 1 is 1.42 bits per heavy atom. The first-order valence-corrected chi connectivity index (χ1v) is 6.58. The van der Waals surface area contributed by atoms with Gasteiger partial charge in [-0.25, -0.2) is 4.79 Å². The maximum absolute atomic E-state index is 11.7. The Morgan fingerprint density at radius 2 is 2.21 bits per heavy atom. The first-order valence-electron chi connectivity index (χ1n) is 6.58. The van der Waals surface area contributed by atoms with Gasteiger partial charge in [0.25, 0.3) is 0 Å². The molecule has 1 fully saturated rings. The SMILES string of the molecule is N#Cc1ccc(C(=O)OCCCC2CCCO2)cc1. The van der Waals surface area contributed by atoms with Crippen molar-refractivity contribution in [3.8, 4) is 6.07 Å². The predicted octanol–water partition coefficient (Wildman–Crippen LogP) is 2.67. The minimum atomic E-state index is -0.336. The molecule has 4 heteroatoms. The molecule has 19 heavy (non-hydrogen) atoms. The highest BCUT2D eigenvalue weighted by molar-refractivity contribution is 5.89. The second-order valence-corrected chi connectivity index (χ2v) is 4.60. The third-order valence-electron chi connectivity index (χ3n) is 3.18. The molecular formula is C15H17NO3. The molecule has 0 aromatic heterocycles. The zero-order chi connectivity index (χ0) is 13.5. The van der Waals surface area contributed by atoms with E-state index in [0.29, 0.717) is 23.8 Å².